The van der Waals surface area contributed by atoms with E-state index in [2.05, 4.69) is 0 Å². The molecule has 0 unspecified atom stereocenters. The Morgan fingerprint density at radius 2 is 1.71 bits per heavy atom. The predicted octanol–water partition coefficient (Wildman–Crippen LogP) is 5.65. The first kappa shape index (κ1) is 24.0. The predicted molar refractivity (Wildman–Crippen MR) is 143 cm³/mol. The highest BCUT2D eigenvalue weighted by atomic mass is 32.2. The van der Waals surface area contributed by atoms with Crippen molar-refractivity contribution in [2.45, 2.75) is 29.2 Å². The Morgan fingerprint density at radius 1 is 1.00 bits per heavy atom. The van der Waals surface area contributed by atoms with Crippen molar-refractivity contribution in [3.05, 3.63) is 83.9 Å². The number of rotatable bonds is 7. The van der Waals surface area contributed by atoms with Crippen LogP contribution in [-0.2, 0) is 16.6 Å². The molecular formula is C26H25N3O3S3. The van der Waals surface area contributed by atoms with Gasteiger partial charge in [0, 0.05) is 23.5 Å². The van der Waals surface area contributed by atoms with E-state index in [4.69, 9.17) is 4.98 Å². The summed E-state index contributed by atoms with van der Waals surface area (Å²) in [7, 11) is -3.53. The van der Waals surface area contributed by atoms with E-state index in [1.54, 1.807) is 28.8 Å². The van der Waals surface area contributed by atoms with Gasteiger partial charge in [-0.25, -0.2) is 13.4 Å². The molecular weight excluding hydrogens is 499 g/mol. The van der Waals surface area contributed by atoms with Crippen LogP contribution in [0.25, 0.3) is 10.2 Å². The second-order valence-corrected chi connectivity index (χ2v) is 12.1. The van der Waals surface area contributed by atoms with Gasteiger partial charge in [-0.3, -0.25) is 9.69 Å². The molecule has 1 amide bonds. The molecule has 0 spiro atoms. The number of anilines is 1. The minimum atomic E-state index is -3.53. The van der Waals surface area contributed by atoms with Crippen LogP contribution < -0.4 is 4.90 Å². The number of amides is 1. The first-order valence-corrected chi connectivity index (χ1v) is 14.8. The van der Waals surface area contributed by atoms with E-state index in [1.165, 1.54) is 27.8 Å². The van der Waals surface area contributed by atoms with Crippen molar-refractivity contribution in [2.24, 2.45) is 0 Å². The van der Waals surface area contributed by atoms with Crippen molar-refractivity contribution in [1.29, 1.82) is 0 Å². The minimum Gasteiger partial charge on any atom is -0.279 e. The van der Waals surface area contributed by atoms with E-state index in [0.717, 1.165) is 33.5 Å². The van der Waals surface area contributed by atoms with Crippen molar-refractivity contribution < 1.29 is 13.2 Å². The average molecular weight is 524 g/mol. The number of aromatic nitrogens is 1. The molecule has 0 radical (unpaired) electrons. The Kier molecular flexibility index (Phi) is 6.93. The fourth-order valence-corrected chi connectivity index (χ4v) is 7.32. The van der Waals surface area contributed by atoms with Crippen LogP contribution in [0.1, 0.15) is 28.8 Å². The molecule has 180 valence electrons. The number of hydrogen-bond donors (Lipinski definition) is 0. The van der Waals surface area contributed by atoms with Gasteiger partial charge in [0.2, 0.25) is 10.0 Å². The maximum atomic E-state index is 13.7. The van der Waals surface area contributed by atoms with Crippen LogP contribution in [0.5, 0.6) is 0 Å². The van der Waals surface area contributed by atoms with Crippen LogP contribution >= 0.6 is 23.1 Å². The zero-order chi connectivity index (χ0) is 24.4. The molecule has 3 aromatic carbocycles. The molecule has 0 atom stereocenters. The number of carbonyl (C=O) groups excluding carboxylic acids is 1. The van der Waals surface area contributed by atoms with Gasteiger partial charge in [0.05, 0.1) is 21.7 Å². The molecule has 2 heterocycles. The number of sulfonamides is 1. The first-order chi connectivity index (χ1) is 17.0. The highest BCUT2D eigenvalue weighted by Crippen LogP contribution is 2.35. The molecule has 35 heavy (non-hydrogen) atoms. The Labute approximate surface area is 213 Å². The third-order valence-corrected chi connectivity index (χ3v) is 9.78. The van der Waals surface area contributed by atoms with Crippen LogP contribution in [0.4, 0.5) is 5.13 Å². The molecule has 1 fully saturated rings. The summed E-state index contributed by atoms with van der Waals surface area (Å²) in [4.78, 5) is 21.5. The van der Waals surface area contributed by atoms with Gasteiger partial charge in [0.1, 0.15) is 0 Å². The standard InChI is InChI=1S/C26H25N3O3S3/c1-33-22-10-7-11-23-24(22)27-26(34-23)29(18-19-8-3-2-4-9-19)25(30)20-12-14-21(15-13-20)35(31,32)28-16-5-6-17-28/h2-4,7-15H,5-6,16-18H2,1H3. The molecule has 1 aromatic heterocycles. The fourth-order valence-electron chi connectivity index (χ4n) is 4.19. The SMILES string of the molecule is CSc1cccc2sc(N(Cc3ccccc3)C(=O)c3ccc(S(=O)(=O)N4CCCC4)cc3)nc12. The second-order valence-electron chi connectivity index (χ2n) is 8.32. The molecule has 0 saturated carbocycles. The molecule has 0 N–H and O–H groups in total. The largest absolute Gasteiger partial charge is 0.279 e. The Hall–Kier alpha value is -2.72. The summed E-state index contributed by atoms with van der Waals surface area (Å²) in [5.41, 5.74) is 2.29. The van der Waals surface area contributed by atoms with Crippen molar-refractivity contribution in [1.82, 2.24) is 9.29 Å². The lowest BCUT2D eigenvalue weighted by atomic mass is 10.1. The second kappa shape index (κ2) is 10.1. The van der Waals surface area contributed by atoms with E-state index in [9.17, 15) is 13.2 Å². The maximum absolute atomic E-state index is 13.7. The number of thioether (sulfide) groups is 1. The summed E-state index contributed by atoms with van der Waals surface area (Å²) in [6.07, 6.45) is 3.77. The van der Waals surface area contributed by atoms with Crippen molar-refractivity contribution in [2.75, 3.05) is 24.2 Å². The number of carbonyl (C=O) groups is 1. The van der Waals surface area contributed by atoms with Crippen LogP contribution in [0.3, 0.4) is 0 Å². The third-order valence-electron chi connectivity index (χ3n) is 6.05. The van der Waals surface area contributed by atoms with Crippen LogP contribution in [0.2, 0.25) is 0 Å². The molecule has 5 rings (SSSR count). The molecule has 1 aliphatic rings. The Bertz CT molecular complexity index is 1450. The lowest BCUT2D eigenvalue weighted by Crippen LogP contribution is -2.30. The lowest BCUT2D eigenvalue weighted by molar-refractivity contribution is 0.0985. The van der Waals surface area contributed by atoms with Gasteiger partial charge in [-0.15, -0.1) is 11.8 Å². The Balaban J connectivity index is 1.50. The number of fused-ring (bicyclic) bond motifs is 1. The molecule has 6 nitrogen and oxygen atoms in total. The fraction of sp³-hybridized carbons (Fsp3) is 0.231. The van der Waals surface area contributed by atoms with Crippen LogP contribution in [0, 0.1) is 0 Å². The maximum Gasteiger partial charge on any atom is 0.260 e. The Morgan fingerprint density at radius 3 is 2.40 bits per heavy atom. The first-order valence-electron chi connectivity index (χ1n) is 11.4. The topological polar surface area (TPSA) is 70.6 Å². The highest BCUT2D eigenvalue weighted by Gasteiger charge is 2.28. The van der Waals surface area contributed by atoms with E-state index < -0.39 is 10.0 Å². The summed E-state index contributed by atoms with van der Waals surface area (Å²) in [5, 5.41) is 0.615. The van der Waals surface area contributed by atoms with E-state index >= 15 is 0 Å². The summed E-state index contributed by atoms with van der Waals surface area (Å²) in [6, 6.07) is 22.1. The van der Waals surface area contributed by atoms with Crippen molar-refractivity contribution >= 4 is 54.4 Å². The van der Waals surface area contributed by atoms with Crippen LogP contribution in [-0.4, -0.2) is 43.0 Å². The molecule has 0 aliphatic carbocycles. The minimum absolute atomic E-state index is 0.218. The number of para-hydroxylation sites is 1. The monoisotopic (exact) mass is 523 g/mol. The van der Waals surface area contributed by atoms with Gasteiger partial charge >= 0.3 is 0 Å². The van der Waals surface area contributed by atoms with Crippen molar-refractivity contribution in [3.8, 4) is 0 Å². The number of hydrogen-bond acceptors (Lipinski definition) is 6. The number of nitrogens with zero attached hydrogens (tertiary/aromatic N) is 3. The van der Waals surface area contributed by atoms with Gasteiger partial charge < -0.3 is 0 Å². The summed E-state index contributed by atoms with van der Waals surface area (Å²) >= 11 is 3.11. The normalized spacial score (nSPS) is 14.4. The molecule has 1 aliphatic heterocycles. The van der Waals surface area contributed by atoms with Crippen LogP contribution in [0.15, 0.2) is 82.6 Å². The molecule has 0 bridgehead atoms. The lowest BCUT2D eigenvalue weighted by Gasteiger charge is -2.21. The molecule has 4 aromatic rings. The smallest absolute Gasteiger partial charge is 0.260 e. The molecule has 1 saturated heterocycles. The highest BCUT2D eigenvalue weighted by molar-refractivity contribution is 7.98. The average Bonchev–Trinajstić information content (AvgIpc) is 3.58. The summed E-state index contributed by atoms with van der Waals surface area (Å²) in [5.74, 6) is -0.219. The third kappa shape index (κ3) is 4.86. The van der Waals surface area contributed by atoms with Gasteiger partial charge in [-0.05, 0) is 61.1 Å². The van der Waals surface area contributed by atoms with Gasteiger partial charge in [-0.2, -0.15) is 4.31 Å². The summed E-state index contributed by atoms with van der Waals surface area (Å²) in [6.45, 7) is 1.45. The summed E-state index contributed by atoms with van der Waals surface area (Å²) < 4.78 is 28.3. The number of thiazole rings is 1. The van der Waals surface area contributed by atoms with Gasteiger partial charge in [0.25, 0.3) is 5.91 Å². The van der Waals surface area contributed by atoms with Gasteiger partial charge in [0.15, 0.2) is 5.13 Å². The quantitative estimate of drug-likeness (QED) is 0.293. The zero-order valence-corrected chi connectivity index (χ0v) is 21.7. The van der Waals surface area contributed by atoms with Crippen molar-refractivity contribution in [3.63, 3.8) is 0 Å². The number of benzene rings is 3. The van der Waals surface area contributed by atoms with E-state index in [-0.39, 0.29) is 10.8 Å². The van der Waals surface area contributed by atoms with E-state index in [1.807, 2.05) is 54.8 Å². The van der Waals surface area contributed by atoms with E-state index in [0.29, 0.717) is 30.3 Å². The van der Waals surface area contributed by atoms with Gasteiger partial charge in [-0.1, -0.05) is 47.7 Å². The molecule has 9 heteroatoms. The zero-order valence-electron chi connectivity index (χ0n) is 19.3.